The molecule has 1 aliphatic carbocycles. The predicted octanol–water partition coefficient (Wildman–Crippen LogP) is 2.02. The number of thiophene rings is 1. The Morgan fingerprint density at radius 1 is 1.50 bits per heavy atom. The molecule has 0 aliphatic heterocycles. The lowest BCUT2D eigenvalue weighted by Gasteiger charge is -2.21. The fourth-order valence-electron chi connectivity index (χ4n) is 1.99. The maximum Gasteiger partial charge on any atom is 0.244 e. The fraction of sp³-hybridized carbons (Fsp3) is 0.667. The molecule has 0 aromatic carbocycles. The zero-order chi connectivity index (χ0) is 13.2. The van der Waals surface area contributed by atoms with Crippen molar-refractivity contribution < 1.29 is 8.42 Å². The van der Waals surface area contributed by atoms with Gasteiger partial charge in [-0.05, 0) is 36.6 Å². The molecule has 102 valence electrons. The maximum atomic E-state index is 12.6. The van der Waals surface area contributed by atoms with Crippen LogP contribution in [0.4, 0.5) is 0 Å². The van der Waals surface area contributed by atoms with Gasteiger partial charge in [0.15, 0.2) is 0 Å². The Hall–Kier alpha value is -0.430. The second-order valence-electron chi connectivity index (χ2n) is 4.72. The van der Waals surface area contributed by atoms with Gasteiger partial charge in [0.2, 0.25) is 10.0 Å². The minimum absolute atomic E-state index is 0.287. The predicted molar refractivity (Wildman–Crippen MR) is 74.0 cm³/mol. The van der Waals surface area contributed by atoms with E-state index in [9.17, 15) is 8.42 Å². The molecule has 6 heteroatoms. The van der Waals surface area contributed by atoms with Crippen LogP contribution in [-0.4, -0.2) is 25.8 Å². The van der Waals surface area contributed by atoms with Crippen molar-refractivity contribution in [2.24, 2.45) is 11.7 Å². The van der Waals surface area contributed by atoms with Crippen molar-refractivity contribution in [1.82, 2.24) is 4.31 Å². The molecule has 2 N–H and O–H groups in total. The van der Waals surface area contributed by atoms with Gasteiger partial charge in [-0.25, -0.2) is 8.42 Å². The van der Waals surface area contributed by atoms with Gasteiger partial charge in [0.25, 0.3) is 0 Å². The highest BCUT2D eigenvalue weighted by Gasteiger charge is 2.32. The Labute approximate surface area is 113 Å². The smallest absolute Gasteiger partial charge is 0.244 e. The summed E-state index contributed by atoms with van der Waals surface area (Å²) in [6.07, 6.45) is 3.15. The lowest BCUT2D eigenvalue weighted by molar-refractivity contribution is 0.395. The number of hydrogen-bond donors (Lipinski definition) is 1. The zero-order valence-electron chi connectivity index (χ0n) is 10.6. The first-order valence-electron chi connectivity index (χ1n) is 6.36. The molecule has 1 aliphatic rings. The van der Waals surface area contributed by atoms with Crippen LogP contribution in [0.1, 0.15) is 31.1 Å². The van der Waals surface area contributed by atoms with Gasteiger partial charge >= 0.3 is 0 Å². The molecule has 0 spiro atoms. The summed E-state index contributed by atoms with van der Waals surface area (Å²) < 4.78 is 26.8. The molecule has 0 atom stereocenters. The molecule has 1 fully saturated rings. The van der Waals surface area contributed by atoms with E-state index in [4.69, 9.17) is 5.73 Å². The summed E-state index contributed by atoms with van der Waals surface area (Å²) in [5.74, 6) is 0.561. The Balaban J connectivity index is 2.25. The Kier molecular flexibility index (Phi) is 4.42. The quantitative estimate of drug-likeness (QED) is 0.835. The molecule has 0 amide bonds. The van der Waals surface area contributed by atoms with Crippen molar-refractivity contribution in [2.45, 2.75) is 37.6 Å². The summed E-state index contributed by atoms with van der Waals surface area (Å²) in [6.45, 7) is 3.55. The van der Waals surface area contributed by atoms with E-state index in [1.54, 1.807) is 15.8 Å². The van der Waals surface area contributed by atoms with Gasteiger partial charge in [-0.2, -0.15) is 4.31 Å². The lowest BCUT2D eigenvalue weighted by atomic mass is 10.4. The van der Waals surface area contributed by atoms with Gasteiger partial charge < -0.3 is 5.73 Å². The van der Waals surface area contributed by atoms with Gasteiger partial charge in [0.1, 0.15) is 0 Å². The second-order valence-corrected chi connectivity index (χ2v) is 7.63. The average Bonchev–Trinajstić information content (AvgIpc) is 3.02. The van der Waals surface area contributed by atoms with E-state index in [0.29, 0.717) is 23.9 Å². The molecule has 18 heavy (non-hydrogen) atoms. The van der Waals surface area contributed by atoms with E-state index in [1.807, 2.05) is 6.92 Å². The van der Waals surface area contributed by atoms with Crippen LogP contribution in [0, 0.1) is 5.92 Å². The summed E-state index contributed by atoms with van der Waals surface area (Å²) in [5.41, 5.74) is 5.61. The normalized spacial score (nSPS) is 16.4. The molecule has 4 nitrogen and oxygen atoms in total. The molecule has 0 unspecified atom stereocenters. The zero-order valence-corrected chi connectivity index (χ0v) is 12.3. The summed E-state index contributed by atoms with van der Waals surface area (Å²) in [6, 6.07) is 1.68. The first-order valence-corrected chi connectivity index (χ1v) is 8.68. The van der Waals surface area contributed by atoms with E-state index in [0.717, 1.165) is 24.1 Å². The molecule has 1 aromatic rings. The average molecular weight is 288 g/mol. The van der Waals surface area contributed by atoms with Crippen molar-refractivity contribution >= 4 is 21.4 Å². The van der Waals surface area contributed by atoms with E-state index in [1.165, 1.54) is 11.3 Å². The lowest BCUT2D eigenvalue weighted by Crippen LogP contribution is -2.34. The third-order valence-corrected chi connectivity index (χ3v) is 6.16. The molecule has 0 bridgehead atoms. The Morgan fingerprint density at radius 3 is 2.78 bits per heavy atom. The fourth-order valence-corrected chi connectivity index (χ4v) is 4.91. The van der Waals surface area contributed by atoms with Gasteiger partial charge in [0, 0.05) is 24.5 Å². The maximum absolute atomic E-state index is 12.6. The largest absolute Gasteiger partial charge is 0.326 e. The first-order chi connectivity index (χ1) is 8.59. The number of rotatable bonds is 7. The molecular formula is C12H20N2O2S2. The highest BCUT2D eigenvalue weighted by molar-refractivity contribution is 7.89. The molecule has 1 heterocycles. The topological polar surface area (TPSA) is 63.4 Å². The Bertz CT molecular complexity index is 492. The highest BCUT2D eigenvalue weighted by Crippen LogP contribution is 2.33. The highest BCUT2D eigenvalue weighted by atomic mass is 32.2. The van der Waals surface area contributed by atoms with Crippen LogP contribution < -0.4 is 5.73 Å². The number of nitrogens with zero attached hydrogens (tertiary/aromatic N) is 1. The van der Waals surface area contributed by atoms with Gasteiger partial charge in [0.05, 0.1) is 4.90 Å². The number of sulfonamides is 1. The molecule has 1 aromatic heterocycles. The second kappa shape index (κ2) is 5.69. The van der Waals surface area contributed by atoms with Crippen molar-refractivity contribution in [3.8, 4) is 0 Å². The van der Waals surface area contributed by atoms with Crippen molar-refractivity contribution in [1.29, 1.82) is 0 Å². The van der Waals surface area contributed by atoms with E-state index < -0.39 is 10.0 Å². The molecule has 2 rings (SSSR count). The van der Waals surface area contributed by atoms with Crippen molar-refractivity contribution in [3.63, 3.8) is 0 Å². The summed E-state index contributed by atoms with van der Waals surface area (Å²) in [5, 5.41) is 1.80. The summed E-state index contributed by atoms with van der Waals surface area (Å²) in [7, 11) is -3.35. The minimum atomic E-state index is -3.35. The van der Waals surface area contributed by atoms with Crippen molar-refractivity contribution in [2.75, 3.05) is 13.1 Å². The summed E-state index contributed by atoms with van der Waals surface area (Å²) in [4.78, 5) is 1.16. The van der Waals surface area contributed by atoms with Crippen LogP contribution in [0.2, 0.25) is 0 Å². The molecular weight excluding hydrogens is 268 g/mol. The molecule has 1 saturated carbocycles. The van der Waals surface area contributed by atoms with Gasteiger partial charge in [-0.3, -0.25) is 0 Å². The van der Waals surface area contributed by atoms with Crippen LogP contribution >= 0.6 is 11.3 Å². The third kappa shape index (κ3) is 2.93. The molecule has 0 radical (unpaired) electrons. The standard InChI is InChI=1S/C12H20N2O2S2/c1-2-6-14(9-10-3-4-10)18(15,16)12-5-7-17-11(12)8-13/h5,7,10H,2-4,6,8-9,13H2,1H3. The van der Waals surface area contributed by atoms with E-state index in [2.05, 4.69) is 0 Å². The number of hydrogen-bond acceptors (Lipinski definition) is 4. The van der Waals surface area contributed by atoms with E-state index in [-0.39, 0.29) is 6.54 Å². The molecule has 0 saturated heterocycles. The monoisotopic (exact) mass is 288 g/mol. The van der Waals surface area contributed by atoms with E-state index >= 15 is 0 Å². The Morgan fingerprint density at radius 2 is 2.22 bits per heavy atom. The SMILES string of the molecule is CCCN(CC1CC1)S(=O)(=O)c1ccsc1CN. The van der Waals surface area contributed by atoms with Crippen LogP contribution in [-0.2, 0) is 16.6 Å². The van der Waals surface area contributed by atoms with Crippen LogP contribution in [0.25, 0.3) is 0 Å². The van der Waals surface area contributed by atoms with Crippen LogP contribution in [0.5, 0.6) is 0 Å². The third-order valence-electron chi connectivity index (χ3n) is 3.14. The minimum Gasteiger partial charge on any atom is -0.326 e. The van der Waals surface area contributed by atoms with Crippen molar-refractivity contribution in [3.05, 3.63) is 16.3 Å². The van der Waals surface area contributed by atoms with Gasteiger partial charge in [-0.15, -0.1) is 11.3 Å². The first kappa shape index (κ1) is 14.0. The number of nitrogens with two attached hydrogens (primary N) is 1. The van der Waals surface area contributed by atoms with Gasteiger partial charge in [-0.1, -0.05) is 6.92 Å². The van der Waals surface area contributed by atoms with Crippen LogP contribution in [0.15, 0.2) is 16.3 Å². The summed E-state index contributed by atoms with van der Waals surface area (Å²) >= 11 is 1.42. The van der Waals surface area contributed by atoms with Crippen LogP contribution in [0.3, 0.4) is 0 Å².